The van der Waals surface area contributed by atoms with Crippen molar-refractivity contribution >= 4 is 17.3 Å². The second kappa shape index (κ2) is 6.35. The number of nitrogens with two attached hydrogens (primary N) is 1. The molecule has 1 aliphatic heterocycles. The summed E-state index contributed by atoms with van der Waals surface area (Å²) in [6.07, 6.45) is 0. The predicted octanol–water partition coefficient (Wildman–Crippen LogP) is 1.87. The standard InChI is InChI=1S/C16H19N5O2/c1-22-14-8-7-12(9-15(14)23-2)21-10-11-5-3-4-6-13(11)18-19-16(17)20-21/h3-9,18H,10H2,1-2H3,(H3,17,19,20). The Labute approximate surface area is 134 Å². The minimum Gasteiger partial charge on any atom is -0.493 e. The summed E-state index contributed by atoms with van der Waals surface area (Å²) in [5, 5.41) is 6.02. The molecule has 2 aromatic carbocycles. The lowest BCUT2D eigenvalue weighted by Gasteiger charge is -2.29. The second-order valence-electron chi connectivity index (χ2n) is 5.00. The number of hydrazine groups is 1. The third-order valence-corrected chi connectivity index (χ3v) is 3.57. The minimum absolute atomic E-state index is 0.272. The number of hydrogen-bond acceptors (Lipinski definition) is 7. The van der Waals surface area contributed by atoms with Crippen LogP contribution in [0.5, 0.6) is 11.5 Å². The zero-order valence-electron chi connectivity index (χ0n) is 13.0. The third-order valence-electron chi connectivity index (χ3n) is 3.57. The average molecular weight is 313 g/mol. The molecule has 1 heterocycles. The van der Waals surface area contributed by atoms with Gasteiger partial charge in [-0.15, -0.1) is 5.10 Å². The zero-order chi connectivity index (χ0) is 16.2. The molecule has 7 nitrogen and oxygen atoms in total. The van der Waals surface area contributed by atoms with Crippen molar-refractivity contribution in [2.24, 2.45) is 10.8 Å². The van der Waals surface area contributed by atoms with E-state index < -0.39 is 0 Å². The first-order chi connectivity index (χ1) is 11.2. The van der Waals surface area contributed by atoms with E-state index in [1.807, 2.05) is 47.5 Å². The number of rotatable bonds is 3. The molecule has 23 heavy (non-hydrogen) atoms. The van der Waals surface area contributed by atoms with Crippen LogP contribution in [0, 0.1) is 0 Å². The number of para-hydroxylation sites is 1. The quantitative estimate of drug-likeness (QED) is 0.802. The Bertz CT molecular complexity index is 732. The van der Waals surface area contributed by atoms with Crippen LogP contribution in [0.3, 0.4) is 0 Å². The molecule has 0 saturated heterocycles. The van der Waals surface area contributed by atoms with Gasteiger partial charge in [0.05, 0.1) is 32.1 Å². The van der Waals surface area contributed by atoms with Crippen LogP contribution >= 0.6 is 0 Å². The first kappa shape index (κ1) is 14.8. The molecule has 2 aromatic rings. The lowest BCUT2D eigenvalue weighted by molar-refractivity contribution is 0.355. The van der Waals surface area contributed by atoms with Crippen molar-refractivity contribution in [3.8, 4) is 11.5 Å². The first-order valence-electron chi connectivity index (χ1n) is 7.14. The Morgan fingerprint density at radius 3 is 2.65 bits per heavy atom. The molecule has 0 aliphatic carbocycles. The van der Waals surface area contributed by atoms with E-state index in [-0.39, 0.29) is 5.96 Å². The number of hydrogen-bond donors (Lipinski definition) is 3. The van der Waals surface area contributed by atoms with Crippen molar-refractivity contribution in [1.82, 2.24) is 5.43 Å². The van der Waals surface area contributed by atoms with Crippen LogP contribution in [0.1, 0.15) is 5.56 Å². The van der Waals surface area contributed by atoms with Crippen LogP contribution in [-0.2, 0) is 6.54 Å². The summed E-state index contributed by atoms with van der Waals surface area (Å²) in [4.78, 5) is 0. The highest BCUT2D eigenvalue weighted by Crippen LogP contribution is 2.32. The Hall–Kier alpha value is -3.09. The van der Waals surface area contributed by atoms with Crippen molar-refractivity contribution < 1.29 is 9.47 Å². The van der Waals surface area contributed by atoms with Crippen LogP contribution in [-0.4, -0.2) is 20.2 Å². The number of hydrazone groups is 1. The fourth-order valence-corrected chi connectivity index (χ4v) is 2.41. The van der Waals surface area contributed by atoms with Crippen molar-refractivity contribution in [2.75, 3.05) is 24.7 Å². The fourth-order valence-electron chi connectivity index (χ4n) is 2.41. The molecule has 0 saturated carbocycles. The van der Waals surface area contributed by atoms with Gasteiger partial charge in [0.1, 0.15) is 0 Å². The van der Waals surface area contributed by atoms with Gasteiger partial charge < -0.3 is 15.2 Å². The molecule has 0 aromatic heterocycles. The zero-order valence-corrected chi connectivity index (χ0v) is 13.0. The Morgan fingerprint density at radius 1 is 1.09 bits per heavy atom. The van der Waals surface area contributed by atoms with Gasteiger partial charge in [-0.25, -0.2) is 0 Å². The highest BCUT2D eigenvalue weighted by atomic mass is 16.5. The van der Waals surface area contributed by atoms with Gasteiger partial charge in [-0.05, 0) is 23.8 Å². The second-order valence-corrected chi connectivity index (χ2v) is 5.00. The van der Waals surface area contributed by atoms with Crippen molar-refractivity contribution in [3.05, 3.63) is 48.0 Å². The molecule has 0 radical (unpaired) electrons. The van der Waals surface area contributed by atoms with E-state index in [1.165, 1.54) is 0 Å². The number of methoxy groups -OCH3 is 2. The largest absolute Gasteiger partial charge is 0.493 e. The van der Waals surface area contributed by atoms with E-state index in [1.54, 1.807) is 14.2 Å². The van der Waals surface area contributed by atoms with Crippen molar-refractivity contribution in [1.29, 1.82) is 0 Å². The lowest BCUT2D eigenvalue weighted by atomic mass is 10.1. The molecular formula is C16H19N5O2. The molecule has 3 rings (SSSR count). The summed E-state index contributed by atoms with van der Waals surface area (Å²) in [6.45, 7) is 0.606. The molecule has 120 valence electrons. The molecule has 0 amide bonds. The number of fused-ring (bicyclic) bond motifs is 1. The molecule has 1 aliphatic rings. The highest BCUT2D eigenvalue weighted by Gasteiger charge is 2.16. The molecule has 7 heteroatoms. The molecular weight excluding hydrogens is 294 g/mol. The van der Waals surface area contributed by atoms with Crippen LogP contribution in [0.25, 0.3) is 0 Å². The smallest absolute Gasteiger partial charge is 0.230 e. The molecule has 0 unspecified atom stereocenters. The SMILES string of the molecule is COc1ccc(N2Cc3ccccc3N/N=C(/N)N2)cc1OC. The van der Waals surface area contributed by atoms with Crippen LogP contribution in [0.4, 0.5) is 11.4 Å². The van der Waals surface area contributed by atoms with Gasteiger partial charge in [-0.2, -0.15) is 0 Å². The van der Waals surface area contributed by atoms with Gasteiger partial charge in [-0.3, -0.25) is 15.9 Å². The van der Waals surface area contributed by atoms with Crippen LogP contribution in [0.15, 0.2) is 47.6 Å². The Morgan fingerprint density at radius 2 is 1.87 bits per heavy atom. The summed E-state index contributed by atoms with van der Waals surface area (Å²) in [5.74, 6) is 1.59. The van der Waals surface area contributed by atoms with Gasteiger partial charge >= 0.3 is 0 Å². The maximum absolute atomic E-state index is 5.89. The highest BCUT2D eigenvalue weighted by molar-refractivity contribution is 5.81. The van der Waals surface area contributed by atoms with Gasteiger partial charge in [0, 0.05) is 6.07 Å². The minimum atomic E-state index is 0.272. The van der Waals surface area contributed by atoms with Gasteiger partial charge in [-0.1, -0.05) is 18.2 Å². The number of nitrogens with one attached hydrogen (secondary N) is 2. The van der Waals surface area contributed by atoms with Crippen LogP contribution < -0.4 is 31.1 Å². The molecule has 0 atom stereocenters. The van der Waals surface area contributed by atoms with E-state index >= 15 is 0 Å². The van der Waals surface area contributed by atoms with E-state index in [9.17, 15) is 0 Å². The van der Waals surface area contributed by atoms with E-state index in [4.69, 9.17) is 15.2 Å². The number of ether oxygens (including phenoxy) is 2. The topological polar surface area (TPSA) is 84.1 Å². The average Bonchev–Trinajstić information content (AvgIpc) is 2.58. The number of anilines is 2. The van der Waals surface area contributed by atoms with Crippen LogP contribution in [0.2, 0.25) is 0 Å². The fraction of sp³-hybridized carbons (Fsp3) is 0.188. The predicted molar refractivity (Wildman–Crippen MR) is 90.6 cm³/mol. The van der Waals surface area contributed by atoms with E-state index in [2.05, 4.69) is 16.0 Å². The van der Waals surface area contributed by atoms with Gasteiger partial charge in [0.2, 0.25) is 5.96 Å². The van der Waals surface area contributed by atoms with Crippen molar-refractivity contribution in [2.45, 2.75) is 6.54 Å². The normalized spacial score (nSPS) is 15.9. The number of benzene rings is 2. The Kier molecular flexibility index (Phi) is 4.09. The summed E-state index contributed by atoms with van der Waals surface area (Å²) >= 11 is 0. The first-order valence-corrected chi connectivity index (χ1v) is 7.14. The van der Waals surface area contributed by atoms with Crippen molar-refractivity contribution in [3.63, 3.8) is 0 Å². The molecule has 0 spiro atoms. The third kappa shape index (κ3) is 3.08. The molecule has 4 N–H and O–H groups in total. The lowest BCUT2D eigenvalue weighted by Crippen LogP contribution is -2.47. The monoisotopic (exact) mass is 313 g/mol. The maximum Gasteiger partial charge on any atom is 0.230 e. The summed E-state index contributed by atoms with van der Waals surface area (Å²) in [6, 6.07) is 13.6. The number of guanidine groups is 1. The Balaban J connectivity index is 1.98. The molecule has 0 fully saturated rings. The number of nitrogens with zero attached hydrogens (tertiary/aromatic N) is 2. The van der Waals surface area contributed by atoms with E-state index in [0.29, 0.717) is 18.0 Å². The van der Waals surface area contributed by atoms with E-state index in [0.717, 1.165) is 16.9 Å². The maximum atomic E-state index is 5.89. The summed E-state index contributed by atoms with van der Waals surface area (Å²) in [7, 11) is 3.22. The van der Waals surface area contributed by atoms with Gasteiger partial charge in [0.25, 0.3) is 0 Å². The summed E-state index contributed by atoms with van der Waals surface area (Å²) < 4.78 is 10.6. The summed E-state index contributed by atoms with van der Waals surface area (Å²) in [5.41, 5.74) is 14.8. The van der Waals surface area contributed by atoms with Gasteiger partial charge in [0.15, 0.2) is 11.5 Å². The molecule has 0 bridgehead atoms.